The van der Waals surface area contributed by atoms with Crippen molar-refractivity contribution in [1.29, 1.82) is 0 Å². The first-order valence-corrected chi connectivity index (χ1v) is 8.74. The molecule has 4 heteroatoms. The van der Waals surface area contributed by atoms with Crippen molar-refractivity contribution in [2.45, 2.75) is 19.3 Å². The van der Waals surface area contributed by atoms with Crippen LogP contribution in [0.25, 0.3) is 10.9 Å². The van der Waals surface area contributed by atoms with E-state index < -0.39 is 0 Å². The van der Waals surface area contributed by atoms with Gasteiger partial charge in [-0.05, 0) is 36.6 Å². The topological polar surface area (TPSA) is 45.3 Å². The highest BCUT2D eigenvalue weighted by Crippen LogP contribution is 2.32. The summed E-state index contributed by atoms with van der Waals surface area (Å²) in [6.07, 6.45) is 3.09. The van der Waals surface area contributed by atoms with Crippen LogP contribution in [0.3, 0.4) is 0 Å². The molecular formula is C21H22N2O2. The Bertz CT molecular complexity index is 900. The number of nitrogens with zero attached hydrogens (tertiary/aromatic N) is 1. The van der Waals surface area contributed by atoms with Crippen LogP contribution in [-0.2, 0) is 4.79 Å². The molecule has 1 N–H and O–H groups in total. The second-order valence-electron chi connectivity index (χ2n) is 6.67. The van der Waals surface area contributed by atoms with Crippen LogP contribution in [0.4, 0.5) is 0 Å². The zero-order valence-electron chi connectivity index (χ0n) is 14.4. The van der Waals surface area contributed by atoms with Crippen LogP contribution in [0.15, 0.2) is 54.7 Å². The van der Waals surface area contributed by atoms with E-state index in [2.05, 4.69) is 29.4 Å². The summed E-state index contributed by atoms with van der Waals surface area (Å²) >= 11 is 0. The van der Waals surface area contributed by atoms with Crippen molar-refractivity contribution < 1.29 is 9.53 Å². The highest BCUT2D eigenvalue weighted by Gasteiger charge is 2.29. The average molecular weight is 334 g/mol. The van der Waals surface area contributed by atoms with E-state index in [9.17, 15) is 4.79 Å². The monoisotopic (exact) mass is 334 g/mol. The predicted molar refractivity (Wildman–Crippen MR) is 98.9 cm³/mol. The Morgan fingerprint density at radius 2 is 2.00 bits per heavy atom. The van der Waals surface area contributed by atoms with Gasteiger partial charge in [-0.3, -0.25) is 4.79 Å². The van der Waals surface area contributed by atoms with Gasteiger partial charge in [0.25, 0.3) is 5.91 Å². The highest BCUT2D eigenvalue weighted by atomic mass is 16.5. The van der Waals surface area contributed by atoms with Gasteiger partial charge >= 0.3 is 0 Å². The van der Waals surface area contributed by atoms with Crippen LogP contribution < -0.4 is 4.74 Å². The van der Waals surface area contributed by atoms with Gasteiger partial charge in [-0.2, -0.15) is 0 Å². The van der Waals surface area contributed by atoms with Crippen LogP contribution >= 0.6 is 0 Å². The molecule has 25 heavy (non-hydrogen) atoms. The van der Waals surface area contributed by atoms with E-state index in [4.69, 9.17) is 4.74 Å². The number of nitrogens with one attached hydrogen (secondary N) is 1. The minimum atomic E-state index is 0.0607. The van der Waals surface area contributed by atoms with Gasteiger partial charge in [-0.15, -0.1) is 0 Å². The molecule has 1 aliphatic rings. The average Bonchev–Trinajstić information content (AvgIpc) is 3.27. The molecule has 0 radical (unpaired) electrons. The quantitative estimate of drug-likeness (QED) is 0.787. The molecule has 1 fully saturated rings. The van der Waals surface area contributed by atoms with Crippen LogP contribution in [0.1, 0.15) is 23.5 Å². The van der Waals surface area contributed by atoms with Gasteiger partial charge in [-0.25, -0.2) is 0 Å². The van der Waals surface area contributed by atoms with Crippen molar-refractivity contribution in [3.05, 3.63) is 65.9 Å². The molecule has 3 aromatic rings. The summed E-state index contributed by atoms with van der Waals surface area (Å²) in [5.74, 6) is 1.23. The molecule has 0 bridgehead atoms. The Kier molecular flexibility index (Phi) is 4.18. The molecule has 128 valence electrons. The fourth-order valence-electron chi connectivity index (χ4n) is 3.62. The largest absolute Gasteiger partial charge is 0.484 e. The van der Waals surface area contributed by atoms with Crippen LogP contribution in [0, 0.1) is 6.92 Å². The number of aromatic amines is 1. The normalized spacial score (nSPS) is 17.2. The fraction of sp³-hybridized carbons (Fsp3) is 0.286. The lowest BCUT2D eigenvalue weighted by Crippen LogP contribution is -2.32. The van der Waals surface area contributed by atoms with Crippen molar-refractivity contribution in [3.8, 4) is 5.75 Å². The maximum absolute atomic E-state index is 12.5. The SMILES string of the molecule is Cc1ccccc1OCC(=O)N1CCC(c2c[nH]c3ccccc23)C1. The van der Waals surface area contributed by atoms with Crippen molar-refractivity contribution in [2.75, 3.05) is 19.7 Å². The summed E-state index contributed by atoms with van der Waals surface area (Å²) in [5, 5.41) is 1.26. The molecule has 2 heterocycles. The first-order valence-electron chi connectivity index (χ1n) is 8.74. The molecule has 1 saturated heterocycles. The molecule has 1 atom stereocenters. The van der Waals surface area contributed by atoms with E-state index in [-0.39, 0.29) is 12.5 Å². The molecule has 1 aliphatic heterocycles. The predicted octanol–water partition coefficient (Wildman–Crippen LogP) is 3.87. The number of fused-ring (bicyclic) bond motifs is 1. The summed E-state index contributed by atoms with van der Waals surface area (Å²) in [5.41, 5.74) is 3.52. The van der Waals surface area contributed by atoms with Gasteiger partial charge < -0.3 is 14.6 Å². The number of H-pyrrole nitrogens is 1. The molecule has 1 aromatic heterocycles. The zero-order chi connectivity index (χ0) is 17.2. The maximum atomic E-state index is 12.5. The van der Waals surface area contributed by atoms with Gasteiger partial charge in [0, 0.05) is 36.1 Å². The van der Waals surface area contributed by atoms with Gasteiger partial charge in [-0.1, -0.05) is 36.4 Å². The van der Waals surface area contributed by atoms with Crippen molar-refractivity contribution in [3.63, 3.8) is 0 Å². The Morgan fingerprint density at radius 1 is 1.20 bits per heavy atom. The molecule has 0 spiro atoms. The maximum Gasteiger partial charge on any atom is 0.260 e. The minimum absolute atomic E-state index is 0.0607. The number of carbonyl (C=O) groups excluding carboxylic acids is 1. The Labute approximate surface area is 147 Å². The number of para-hydroxylation sites is 2. The number of rotatable bonds is 4. The van der Waals surface area contributed by atoms with E-state index in [1.165, 1.54) is 10.9 Å². The molecule has 4 rings (SSSR count). The molecule has 1 amide bonds. The lowest BCUT2D eigenvalue weighted by molar-refractivity contribution is -0.132. The molecular weight excluding hydrogens is 312 g/mol. The molecule has 1 unspecified atom stereocenters. The van der Waals surface area contributed by atoms with Crippen molar-refractivity contribution in [2.24, 2.45) is 0 Å². The van der Waals surface area contributed by atoms with Crippen LogP contribution in [0.2, 0.25) is 0 Å². The minimum Gasteiger partial charge on any atom is -0.484 e. The van der Waals surface area contributed by atoms with Gasteiger partial charge in [0.05, 0.1) is 0 Å². The van der Waals surface area contributed by atoms with Crippen molar-refractivity contribution >= 4 is 16.8 Å². The van der Waals surface area contributed by atoms with Gasteiger partial charge in [0.2, 0.25) is 0 Å². The van der Waals surface area contributed by atoms with E-state index in [0.717, 1.165) is 36.3 Å². The summed E-state index contributed by atoms with van der Waals surface area (Å²) in [4.78, 5) is 17.8. The number of amides is 1. The fourth-order valence-corrected chi connectivity index (χ4v) is 3.62. The first-order chi connectivity index (χ1) is 12.2. The van der Waals surface area contributed by atoms with Gasteiger partial charge in [0.15, 0.2) is 6.61 Å². The number of aromatic nitrogens is 1. The Morgan fingerprint density at radius 3 is 2.88 bits per heavy atom. The summed E-state index contributed by atoms with van der Waals surface area (Å²) in [6.45, 7) is 3.64. The first kappa shape index (κ1) is 15.8. The summed E-state index contributed by atoms with van der Waals surface area (Å²) in [6, 6.07) is 16.1. The summed E-state index contributed by atoms with van der Waals surface area (Å²) < 4.78 is 5.71. The van der Waals surface area contributed by atoms with E-state index in [1.54, 1.807) is 0 Å². The molecule has 0 aliphatic carbocycles. The second-order valence-corrected chi connectivity index (χ2v) is 6.67. The zero-order valence-corrected chi connectivity index (χ0v) is 14.4. The third kappa shape index (κ3) is 3.12. The summed E-state index contributed by atoms with van der Waals surface area (Å²) in [7, 11) is 0. The third-order valence-electron chi connectivity index (χ3n) is 5.05. The Balaban J connectivity index is 1.40. The van der Waals surface area contributed by atoms with E-state index >= 15 is 0 Å². The van der Waals surface area contributed by atoms with Crippen LogP contribution in [-0.4, -0.2) is 35.5 Å². The number of hydrogen-bond acceptors (Lipinski definition) is 2. The molecule has 4 nitrogen and oxygen atoms in total. The number of carbonyl (C=O) groups is 1. The number of hydrogen-bond donors (Lipinski definition) is 1. The van der Waals surface area contributed by atoms with E-state index in [0.29, 0.717) is 5.92 Å². The standard InChI is InChI=1S/C21H22N2O2/c1-15-6-2-5-9-20(15)25-14-21(24)23-11-10-16(13-23)18-12-22-19-8-4-3-7-17(18)19/h2-9,12,16,22H,10-11,13-14H2,1H3. The van der Waals surface area contributed by atoms with Gasteiger partial charge in [0.1, 0.15) is 5.75 Å². The van der Waals surface area contributed by atoms with Crippen molar-refractivity contribution in [1.82, 2.24) is 9.88 Å². The Hall–Kier alpha value is -2.75. The van der Waals surface area contributed by atoms with E-state index in [1.807, 2.05) is 42.2 Å². The number of aryl methyl sites for hydroxylation is 1. The third-order valence-corrected chi connectivity index (χ3v) is 5.05. The number of benzene rings is 2. The molecule has 2 aromatic carbocycles. The second kappa shape index (κ2) is 6.63. The number of likely N-dealkylation sites (tertiary alicyclic amines) is 1. The lowest BCUT2D eigenvalue weighted by Gasteiger charge is -2.17. The lowest BCUT2D eigenvalue weighted by atomic mass is 9.98. The highest BCUT2D eigenvalue weighted by molar-refractivity contribution is 5.84. The molecule has 0 saturated carbocycles. The smallest absolute Gasteiger partial charge is 0.260 e. The van der Waals surface area contributed by atoms with Crippen LogP contribution in [0.5, 0.6) is 5.75 Å². The number of ether oxygens (including phenoxy) is 1.